The first-order chi connectivity index (χ1) is 9.54. The molecule has 0 spiro atoms. The van der Waals surface area contributed by atoms with Crippen LogP contribution in [-0.2, 0) is 0 Å². The zero-order chi connectivity index (χ0) is 15.0. The van der Waals surface area contributed by atoms with Crippen molar-refractivity contribution in [3.05, 3.63) is 33.8 Å². The van der Waals surface area contributed by atoms with Gasteiger partial charge in [-0.05, 0) is 56.0 Å². The molecule has 1 rings (SSSR count). The lowest BCUT2D eigenvalue weighted by atomic mass is 10.1. The van der Waals surface area contributed by atoms with Crippen LogP contribution in [0, 0.1) is 13.8 Å². The van der Waals surface area contributed by atoms with Crippen LogP contribution in [-0.4, -0.2) is 18.5 Å². The second kappa shape index (κ2) is 9.54. The molecular formula is C15H19BrCl2O2. The summed E-state index contributed by atoms with van der Waals surface area (Å²) in [5.74, 6) is 1.73. The minimum absolute atomic E-state index is 0.213. The number of hydrogen-bond acceptors (Lipinski definition) is 2. The van der Waals surface area contributed by atoms with Gasteiger partial charge in [0.25, 0.3) is 0 Å². The van der Waals surface area contributed by atoms with E-state index in [1.165, 1.54) is 0 Å². The van der Waals surface area contributed by atoms with Gasteiger partial charge in [-0.25, -0.2) is 0 Å². The van der Waals surface area contributed by atoms with Crippen LogP contribution in [0.2, 0.25) is 0 Å². The highest BCUT2D eigenvalue weighted by Gasteiger charge is 2.07. The predicted molar refractivity (Wildman–Crippen MR) is 89.7 cm³/mol. The summed E-state index contributed by atoms with van der Waals surface area (Å²) in [6.45, 7) is 5.12. The number of alkyl halides is 1. The second-order valence-corrected chi connectivity index (χ2v) is 6.24. The predicted octanol–water partition coefficient (Wildman–Crippen LogP) is 5.56. The Hall–Kier alpha value is -0.380. The SMILES string of the molecule is Cc1cc(OCC=C(Cl)Cl)cc(C)c1OCCCCBr. The molecule has 1 aromatic rings. The third-order valence-electron chi connectivity index (χ3n) is 2.70. The molecular weight excluding hydrogens is 363 g/mol. The van der Waals surface area contributed by atoms with Crippen LogP contribution in [0.15, 0.2) is 22.7 Å². The van der Waals surface area contributed by atoms with Gasteiger partial charge in [0.05, 0.1) is 6.61 Å². The molecule has 0 atom stereocenters. The largest absolute Gasteiger partial charge is 0.493 e. The van der Waals surface area contributed by atoms with Crippen molar-refractivity contribution >= 4 is 39.1 Å². The number of ether oxygens (including phenoxy) is 2. The molecule has 20 heavy (non-hydrogen) atoms. The zero-order valence-corrected chi connectivity index (χ0v) is 14.8. The first-order valence-corrected chi connectivity index (χ1v) is 8.36. The number of aryl methyl sites for hydroxylation is 2. The zero-order valence-electron chi connectivity index (χ0n) is 11.7. The van der Waals surface area contributed by atoms with Gasteiger partial charge in [0.2, 0.25) is 0 Å². The molecule has 0 saturated heterocycles. The maximum absolute atomic E-state index is 5.84. The summed E-state index contributed by atoms with van der Waals surface area (Å²) in [6.07, 6.45) is 3.77. The summed E-state index contributed by atoms with van der Waals surface area (Å²) < 4.78 is 11.6. The van der Waals surface area contributed by atoms with E-state index >= 15 is 0 Å². The molecule has 0 aromatic heterocycles. The van der Waals surface area contributed by atoms with Crippen LogP contribution in [0.3, 0.4) is 0 Å². The fourth-order valence-corrected chi connectivity index (χ4v) is 2.32. The molecule has 1 aromatic carbocycles. The Morgan fingerprint density at radius 3 is 2.35 bits per heavy atom. The molecule has 0 N–H and O–H groups in total. The van der Waals surface area contributed by atoms with Crippen molar-refractivity contribution in [3.63, 3.8) is 0 Å². The van der Waals surface area contributed by atoms with Gasteiger partial charge >= 0.3 is 0 Å². The smallest absolute Gasteiger partial charge is 0.125 e. The molecule has 0 bridgehead atoms. The van der Waals surface area contributed by atoms with E-state index < -0.39 is 0 Å². The van der Waals surface area contributed by atoms with E-state index in [2.05, 4.69) is 15.9 Å². The highest BCUT2D eigenvalue weighted by molar-refractivity contribution is 9.09. The van der Waals surface area contributed by atoms with Crippen molar-refractivity contribution < 1.29 is 9.47 Å². The fourth-order valence-electron chi connectivity index (χ4n) is 1.79. The minimum atomic E-state index is 0.213. The van der Waals surface area contributed by atoms with E-state index in [0.29, 0.717) is 6.61 Å². The van der Waals surface area contributed by atoms with Crippen molar-refractivity contribution in [2.75, 3.05) is 18.5 Å². The molecule has 2 nitrogen and oxygen atoms in total. The number of unbranched alkanes of at least 4 members (excludes halogenated alkanes) is 1. The van der Waals surface area contributed by atoms with E-state index in [4.69, 9.17) is 32.7 Å². The Kier molecular flexibility index (Phi) is 8.43. The van der Waals surface area contributed by atoms with Crippen LogP contribution in [0.5, 0.6) is 11.5 Å². The molecule has 0 fully saturated rings. The van der Waals surface area contributed by atoms with Gasteiger partial charge in [-0.15, -0.1) is 0 Å². The molecule has 0 aliphatic rings. The lowest BCUT2D eigenvalue weighted by molar-refractivity contribution is 0.304. The van der Waals surface area contributed by atoms with Crippen molar-refractivity contribution in [1.82, 2.24) is 0 Å². The summed E-state index contributed by atoms with van der Waals surface area (Å²) in [4.78, 5) is 0. The van der Waals surface area contributed by atoms with E-state index in [-0.39, 0.29) is 4.49 Å². The highest BCUT2D eigenvalue weighted by Crippen LogP contribution is 2.28. The number of halogens is 3. The summed E-state index contributed by atoms with van der Waals surface area (Å²) in [6, 6.07) is 3.92. The molecule has 0 radical (unpaired) electrons. The van der Waals surface area contributed by atoms with E-state index in [9.17, 15) is 0 Å². The Morgan fingerprint density at radius 2 is 1.80 bits per heavy atom. The Morgan fingerprint density at radius 1 is 1.15 bits per heavy atom. The van der Waals surface area contributed by atoms with E-state index in [0.717, 1.165) is 47.4 Å². The van der Waals surface area contributed by atoms with Crippen LogP contribution in [0.1, 0.15) is 24.0 Å². The van der Waals surface area contributed by atoms with Gasteiger partial charge in [-0.2, -0.15) is 0 Å². The van der Waals surface area contributed by atoms with Gasteiger partial charge in [0.15, 0.2) is 0 Å². The monoisotopic (exact) mass is 380 g/mol. The number of rotatable bonds is 8. The van der Waals surface area contributed by atoms with Crippen LogP contribution in [0.4, 0.5) is 0 Å². The molecule has 0 amide bonds. The molecule has 0 heterocycles. The Balaban J connectivity index is 2.63. The molecule has 5 heteroatoms. The third kappa shape index (κ3) is 6.38. The highest BCUT2D eigenvalue weighted by atomic mass is 79.9. The van der Waals surface area contributed by atoms with Gasteiger partial charge in [0.1, 0.15) is 22.6 Å². The maximum Gasteiger partial charge on any atom is 0.125 e. The summed E-state index contributed by atoms with van der Waals surface area (Å²) in [5.41, 5.74) is 2.14. The maximum atomic E-state index is 5.84. The lowest BCUT2D eigenvalue weighted by Gasteiger charge is -2.14. The average molecular weight is 382 g/mol. The van der Waals surface area contributed by atoms with Gasteiger partial charge in [-0.1, -0.05) is 39.1 Å². The average Bonchev–Trinajstić information content (AvgIpc) is 2.36. The fraction of sp³-hybridized carbons (Fsp3) is 0.467. The first-order valence-electron chi connectivity index (χ1n) is 6.48. The van der Waals surface area contributed by atoms with Crippen molar-refractivity contribution in [3.8, 4) is 11.5 Å². The number of hydrogen-bond donors (Lipinski definition) is 0. The Bertz CT molecular complexity index is 434. The van der Waals surface area contributed by atoms with Crippen molar-refractivity contribution in [1.29, 1.82) is 0 Å². The topological polar surface area (TPSA) is 18.5 Å². The van der Waals surface area contributed by atoms with Gasteiger partial charge in [0, 0.05) is 5.33 Å². The van der Waals surface area contributed by atoms with Crippen molar-refractivity contribution in [2.45, 2.75) is 26.7 Å². The summed E-state index contributed by atoms with van der Waals surface area (Å²) in [7, 11) is 0. The summed E-state index contributed by atoms with van der Waals surface area (Å²) in [5, 5.41) is 1.01. The molecule has 0 unspecified atom stereocenters. The quantitative estimate of drug-likeness (QED) is 0.433. The second-order valence-electron chi connectivity index (χ2n) is 4.44. The standard InChI is InChI=1S/C15H19BrCl2O2/c1-11-9-13(19-8-5-14(17)18)10-12(2)15(11)20-7-4-3-6-16/h5,9-10H,3-4,6-8H2,1-2H3. The minimum Gasteiger partial charge on any atom is -0.493 e. The van der Waals surface area contributed by atoms with Gasteiger partial charge in [-0.3, -0.25) is 0 Å². The van der Waals surface area contributed by atoms with E-state index in [1.54, 1.807) is 6.08 Å². The normalized spacial score (nSPS) is 10.2. The summed E-state index contributed by atoms with van der Waals surface area (Å²) >= 11 is 14.5. The molecule has 0 saturated carbocycles. The van der Waals surface area contributed by atoms with Crippen LogP contribution in [0.25, 0.3) is 0 Å². The molecule has 112 valence electrons. The van der Waals surface area contributed by atoms with Crippen LogP contribution >= 0.6 is 39.1 Å². The lowest BCUT2D eigenvalue weighted by Crippen LogP contribution is -2.02. The van der Waals surface area contributed by atoms with Gasteiger partial charge < -0.3 is 9.47 Å². The molecule has 0 aliphatic carbocycles. The molecule has 0 aliphatic heterocycles. The third-order valence-corrected chi connectivity index (χ3v) is 3.57. The first kappa shape index (κ1) is 17.7. The van der Waals surface area contributed by atoms with Crippen LogP contribution < -0.4 is 9.47 Å². The van der Waals surface area contributed by atoms with E-state index in [1.807, 2.05) is 26.0 Å². The van der Waals surface area contributed by atoms with Crippen molar-refractivity contribution in [2.24, 2.45) is 0 Å². The Labute approximate surface area is 139 Å². The number of benzene rings is 1.